The first-order valence-corrected chi connectivity index (χ1v) is 5.21. The van der Waals surface area contributed by atoms with E-state index in [1.807, 2.05) is 0 Å². The van der Waals surface area contributed by atoms with Gasteiger partial charge in [-0.15, -0.1) is 0 Å². The summed E-state index contributed by atoms with van der Waals surface area (Å²) in [4.78, 5) is 0. The van der Waals surface area contributed by atoms with Crippen molar-refractivity contribution in [3.8, 4) is 0 Å². The molecule has 0 N–H and O–H groups in total. The Morgan fingerprint density at radius 3 is 2.08 bits per heavy atom. The number of rotatable bonds is 2. The Bertz CT molecular complexity index is 159. The van der Waals surface area contributed by atoms with Gasteiger partial charge in [0.25, 0.3) is 0 Å². The summed E-state index contributed by atoms with van der Waals surface area (Å²) >= 11 is 0. The SMILES string of the molecule is C=C(C)C(C)(C)C1CCCCC1. The van der Waals surface area contributed by atoms with Crippen LogP contribution in [0.2, 0.25) is 0 Å². The molecule has 0 amide bonds. The van der Waals surface area contributed by atoms with Crippen molar-refractivity contribution in [2.24, 2.45) is 11.3 Å². The lowest BCUT2D eigenvalue weighted by molar-refractivity contribution is 0.198. The van der Waals surface area contributed by atoms with Crippen LogP contribution in [0.15, 0.2) is 12.2 Å². The Morgan fingerprint density at radius 2 is 1.67 bits per heavy atom. The summed E-state index contributed by atoms with van der Waals surface area (Å²) in [6.45, 7) is 11.0. The highest BCUT2D eigenvalue weighted by molar-refractivity contribution is 5.06. The minimum absolute atomic E-state index is 0.375. The van der Waals surface area contributed by atoms with E-state index >= 15 is 0 Å². The standard InChI is InChI=1S/C12H22/c1-10(2)12(3,4)11-8-6-5-7-9-11/h11H,1,5-9H2,2-4H3. The summed E-state index contributed by atoms with van der Waals surface area (Å²) in [6, 6.07) is 0. The average molecular weight is 166 g/mol. The summed E-state index contributed by atoms with van der Waals surface area (Å²) in [5.74, 6) is 0.892. The molecule has 0 aromatic rings. The molecule has 1 aliphatic rings. The van der Waals surface area contributed by atoms with Crippen LogP contribution in [-0.2, 0) is 0 Å². The molecule has 12 heavy (non-hydrogen) atoms. The van der Waals surface area contributed by atoms with Crippen molar-refractivity contribution in [3.05, 3.63) is 12.2 Å². The molecule has 0 radical (unpaired) electrons. The van der Waals surface area contributed by atoms with Gasteiger partial charge in [0.05, 0.1) is 0 Å². The Hall–Kier alpha value is -0.260. The van der Waals surface area contributed by atoms with Gasteiger partial charge in [0.1, 0.15) is 0 Å². The van der Waals surface area contributed by atoms with Crippen LogP contribution in [0.5, 0.6) is 0 Å². The lowest BCUT2D eigenvalue weighted by Crippen LogP contribution is -2.26. The van der Waals surface area contributed by atoms with Gasteiger partial charge in [0.2, 0.25) is 0 Å². The summed E-state index contributed by atoms with van der Waals surface area (Å²) in [5, 5.41) is 0. The van der Waals surface area contributed by atoms with Gasteiger partial charge in [0, 0.05) is 0 Å². The van der Waals surface area contributed by atoms with Crippen molar-refractivity contribution >= 4 is 0 Å². The fraction of sp³-hybridized carbons (Fsp3) is 0.833. The van der Waals surface area contributed by atoms with Crippen LogP contribution >= 0.6 is 0 Å². The minimum atomic E-state index is 0.375. The van der Waals surface area contributed by atoms with E-state index in [9.17, 15) is 0 Å². The van der Waals surface area contributed by atoms with Gasteiger partial charge in [-0.1, -0.05) is 45.3 Å². The maximum atomic E-state index is 4.10. The minimum Gasteiger partial charge on any atom is -0.0996 e. The molecule has 1 rings (SSSR count). The fourth-order valence-electron chi connectivity index (χ4n) is 2.17. The quantitative estimate of drug-likeness (QED) is 0.540. The predicted molar refractivity (Wildman–Crippen MR) is 55.2 cm³/mol. The molecule has 1 saturated carbocycles. The maximum absolute atomic E-state index is 4.10. The lowest BCUT2D eigenvalue weighted by atomic mass is 9.68. The van der Waals surface area contributed by atoms with Gasteiger partial charge in [0.15, 0.2) is 0 Å². The van der Waals surface area contributed by atoms with Crippen LogP contribution in [0.25, 0.3) is 0 Å². The molecule has 0 aliphatic heterocycles. The number of hydrogen-bond acceptors (Lipinski definition) is 0. The molecule has 0 saturated heterocycles. The van der Waals surface area contributed by atoms with E-state index in [4.69, 9.17) is 0 Å². The van der Waals surface area contributed by atoms with Gasteiger partial charge in [-0.25, -0.2) is 0 Å². The molecule has 1 fully saturated rings. The third-order valence-corrected chi connectivity index (χ3v) is 3.73. The van der Waals surface area contributed by atoms with Crippen molar-refractivity contribution < 1.29 is 0 Å². The number of allylic oxidation sites excluding steroid dienone is 1. The lowest BCUT2D eigenvalue weighted by Gasteiger charge is -2.37. The first-order chi connectivity index (χ1) is 5.55. The van der Waals surface area contributed by atoms with E-state index in [2.05, 4.69) is 27.4 Å². The highest BCUT2D eigenvalue weighted by Gasteiger charge is 2.30. The van der Waals surface area contributed by atoms with Gasteiger partial charge < -0.3 is 0 Å². The highest BCUT2D eigenvalue weighted by Crippen LogP contribution is 2.42. The molecule has 1 aliphatic carbocycles. The predicted octanol–water partition coefficient (Wildman–Crippen LogP) is 4.17. The molecule has 0 aromatic heterocycles. The van der Waals surface area contributed by atoms with Crippen molar-refractivity contribution in [1.82, 2.24) is 0 Å². The van der Waals surface area contributed by atoms with Crippen molar-refractivity contribution in [2.75, 3.05) is 0 Å². The molecule has 0 heterocycles. The van der Waals surface area contributed by atoms with Crippen LogP contribution < -0.4 is 0 Å². The third-order valence-electron chi connectivity index (χ3n) is 3.73. The van der Waals surface area contributed by atoms with Gasteiger partial charge >= 0.3 is 0 Å². The Kier molecular flexibility index (Phi) is 2.98. The highest BCUT2D eigenvalue weighted by atomic mass is 14.4. The normalized spacial score (nSPS) is 20.9. The first kappa shape index (κ1) is 9.83. The molecule has 0 spiro atoms. The molecule has 70 valence electrons. The van der Waals surface area contributed by atoms with Gasteiger partial charge in [-0.2, -0.15) is 0 Å². The molecule has 0 nitrogen and oxygen atoms in total. The molecule has 0 aromatic carbocycles. The smallest absolute Gasteiger partial charge is 0.0122 e. The monoisotopic (exact) mass is 166 g/mol. The van der Waals surface area contributed by atoms with E-state index in [1.165, 1.54) is 37.7 Å². The zero-order valence-corrected chi connectivity index (χ0v) is 8.82. The molecule has 0 atom stereocenters. The second-order valence-corrected chi connectivity index (χ2v) is 4.84. The van der Waals surface area contributed by atoms with Gasteiger partial charge in [-0.05, 0) is 31.1 Å². The van der Waals surface area contributed by atoms with E-state index in [0.717, 1.165) is 5.92 Å². The van der Waals surface area contributed by atoms with Crippen LogP contribution in [0.1, 0.15) is 52.9 Å². The number of hydrogen-bond donors (Lipinski definition) is 0. The van der Waals surface area contributed by atoms with Crippen molar-refractivity contribution in [2.45, 2.75) is 52.9 Å². The first-order valence-electron chi connectivity index (χ1n) is 5.21. The van der Waals surface area contributed by atoms with Crippen molar-refractivity contribution in [3.63, 3.8) is 0 Å². The van der Waals surface area contributed by atoms with E-state index in [-0.39, 0.29) is 0 Å². The van der Waals surface area contributed by atoms with Gasteiger partial charge in [-0.3, -0.25) is 0 Å². The van der Waals surface area contributed by atoms with E-state index in [1.54, 1.807) is 0 Å². The van der Waals surface area contributed by atoms with Crippen LogP contribution in [0, 0.1) is 11.3 Å². The maximum Gasteiger partial charge on any atom is -0.0122 e. The zero-order chi connectivity index (χ0) is 9.19. The Balaban J connectivity index is 2.59. The Labute approximate surface area is 77.1 Å². The average Bonchev–Trinajstić information content (AvgIpc) is 2.06. The molecule has 0 heteroatoms. The van der Waals surface area contributed by atoms with Crippen LogP contribution in [0.4, 0.5) is 0 Å². The molecule has 0 bridgehead atoms. The summed E-state index contributed by atoms with van der Waals surface area (Å²) in [5.41, 5.74) is 1.73. The molecule has 0 unspecified atom stereocenters. The van der Waals surface area contributed by atoms with E-state index < -0.39 is 0 Å². The summed E-state index contributed by atoms with van der Waals surface area (Å²) in [7, 11) is 0. The van der Waals surface area contributed by atoms with E-state index in [0.29, 0.717) is 5.41 Å². The molecular formula is C12H22. The molecular weight excluding hydrogens is 144 g/mol. The summed E-state index contributed by atoms with van der Waals surface area (Å²) in [6.07, 6.45) is 7.14. The topological polar surface area (TPSA) is 0 Å². The van der Waals surface area contributed by atoms with Crippen LogP contribution in [-0.4, -0.2) is 0 Å². The second-order valence-electron chi connectivity index (χ2n) is 4.84. The Morgan fingerprint density at radius 1 is 1.17 bits per heavy atom. The zero-order valence-electron chi connectivity index (χ0n) is 8.82. The third kappa shape index (κ3) is 1.91. The van der Waals surface area contributed by atoms with Crippen molar-refractivity contribution in [1.29, 1.82) is 0 Å². The largest absolute Gasteiger partial charge is 0.0996 e. The second kappa shape index (κ2) is 3.64. The summed E-state index contributed by atoms with van der Waals surface area (Å²) < 4.78 is 0. The van der Waals surface area contributed by atoms with Crippen LogP contribution in [0.3, 0.4) is 0 Å². The fourth-order valence-corrected chi connectivity index (χ4v) is 2.17.